The van der Waals surface area contributed by atoms with Crippen LogP contribution in [0.2, 0.25) is 0 Å². The van der Waals surface area contributed by atoms with Gasteiger partial charge in [-0.05, 0) is 26.2 Å². The zero-order valence-electron chi connectivity index (χ0n) is 13.9. The Morgan fingerprint density at radius 3 is 2.88 bits per heavy atom. The van der Waals surface area contributed by atoms with Crippen molar-refractivity contribution in [2.24, 2.45) is 0 Å². The smallest absolute Gasteiger partial charge is 0.368 e. The van der Waals surface area contributed by atoms with Crippen LogP contribution in [0.15, 0.2) is 6.07 Å². The number of likely N-dealkylation sites (tertiary alicyclic amines) is 1. The highest BCUT2D eigenvalue weighted by molar-refractivity contribution is 5.76. The SMILES string of the molecule is CCCC(=O)N1CC[C@@H](c2cc3n(n2)[C@@H](C(F)(F)F)C[C@@H](C)N3)C1. The second-order valence-electron chi connectivity index (χ2n) is 6.81. The molecule has 0 aromatic carbocycles. The van der Waals surface area contributed by atoms with Crippen LogP contribution in [0.1, 0.15) is 57.2 Å². The summed E-state index contributed by atoms with van der Waals surface area (Å²) in [7, 11) is 0. The van der Waals surface area contributed by atoms with E-state index in [1.807, 2.05) is 6.92 Å². The zero-order valence-corrected chi connectivity index (χ0v) is 13.9. The van der Waals surface area contributed by atoms with Crippen molar-refractivity contribution < 1.29 is 18.0 Å². The second kappa shape index (κ2) is 6.29. The van der Waals surface area contributed by atoms with Crippen LogP contribution in [-0.2, 0) is 4.79 Å². The normalized spacial score (nSPS) is 27.0. The van der Waals surface area contributed by atoms with Gasteiger partial charge in [0.1, 0.15) is 5.82 Å². The molecule has 0 saturated carbocycles. The van der Waals surface area contributed by atoms with E-state index in [9.17, 15) is 18.0 Å². The van der Waals surface area contributed by atoms with E-state index in [2.05, 4.69) is 10.4 Å². The molecule has 1 amide bonds. The summed E-state index contributed by atoms with van der Waals surface area (Å²) < 4.78 is 40.9. The Morgan fingerprint density at radius 2 is 2.21 bits per heavy atom. The fourth-order valence-electron chi connectivity index (χ4n) is 3.58. The summed E-state index contributed by atoms with van der Waals surface area (Å²) in [6.07, 6.45) is -2.27. The standard InChI is InChI=1S/C16H23F3N4O/c1-3-4-15(24)22-6-5-11(9-22)12-8-14-20-10(2)7-13(16(17,18)19)23(14)21-12/h8,10-11,13,20H,3-7,9H2,1-2H3/t10-,11-,13-/m1/s1. The summed E-state index contributed by atoms with van der Waals surface area (Å²) in [5, 5.41) is 7.33. The summed E-state index contributed by atoms with van der Waals surface area (Å²) in [6.45, 7) is 4.90. The lowest BCUT2D eigenvalue weighted by atomic mass is 10.0. The molecule has 0 spiro atoms. The molecule has 1 N–H and O–H groups in total. The molecule has 0 radical (unpaired) electrons. The first-order chi connectivity index (χ1) is 11.3. The first-order valence-electron chi connectivity index (χ1n) is 8.50. The van der Waals surface area contributed by atoms with E-state index in [-0.39, 0.29) is 24.3 Å². The number of hydrogen-bond donors (Lipinski definition) is 1. The molecular weight excluding hydrogens is 321 g/mol. The molecule has 2 aliphatic rings. The molecule has 1 aromatic rings. The molecule has 134 valence electrons. The van der Waals surface area contributed by atoms with Gasteiger partial charge in [0.25, 0.3) is 0 Å². The molecule has 2 aliphatic heterocycles. The van der Waals surface area contributed by atoms with Crippen LogP contribution in [0.5, 0.6) is 0 Å². The summed E-state index contributed by atoms with van der Waals surface area (Å²) in [6, 6.07) is -0.121. The highest BCUT2D eigenvalue weighted by Gasteiger charge is 2.46. The van der Waals surface area contributed by atoms with Crippen molar-refractivity contribution in [3.63, 3.8) is 0 Å². The molecule has 3 atom stereocenters. The van der Waals surface area contributed by atoms with Crippen molar-refractivity contribution in [1.82, 2.24) is 14.7 Å². The first kappa shape index (κ1) is 17.1. The summed E-state index contributed by atoms with van der Waals surface area (Å²) in [4.78, 5) is 13.8. The number of halogens is 3. The number of amides is 1. The summed E-state index contributed by atoms with van der Waals surface area (Å²) in [5.74, 6) is 0.545. The van der Waals surface area contributed by atoms with E-state index in [4.69, 9.17) is 0 Å². The van der Waals surface area contributed by atoms with Gasteiger partial charge in [-0.1, -0.05) is 6.92 Å². The molecule has 1 fully saturated rings. The Hall–Kier alpha value is -1.73. The van der Waals surface area contributed by atoms with Crippen LogP contribution in [0, 0.1) is 0 Å². The summed E-state index contributed by atoms with van der Waals surface area (Å²) >= 11 is 0. The molecule has 1 aromatic heterocycles. The quantitative estimate of drug-likeness (QED) is 0.915. The maximum atomic E-state index is 13.3. The number of carbonyl (C=O) groups is 1. The highest BCUT2D eigenvalue weighted by atomic mass is 19.4. The fraction of sp³-hybridized carbons (Fsp3) is 0.750. The largest absolute Gasteiger partial charge is 0.410 e. The molecule has 0 bridgehead atoms. The average molecular weight is 344 g/mol. The number of nitrogens with zero attached hydrogens (tertiary/aromatic N) is 3. The number of aromatic nitrogens is 2. The van der Waals surface area contributed by atoms with Gasteiger partial charge >= 0.3 is 6.18 Å². The fourth-order valence-corrected chi connectivity index (χ4v) is 3.58. The van der Waals surface area contributed by atoms with Crippen LogP contribution in [0.3, 0.4) is 0 Å². The number of fused-ring (bicyclic) bond motifs is 1. The van der Waals surface area contributed by atoms with Crippen molar-refractivity contribution in [2.75, 3.05) is 18.4 Å². The lowest BCUT2D eigenvalue weighted by Gasteiger charge is -2.31. The average Bonchev–Trinajstić information content (AvgIpc) is 3.11. The number of hydrogen-bond acceptors (Lipinski definition) is 3. The van der Waals surface area contributed by atoms with Crippen LogP contribution in [-0.4, -0.2) is 45.9 Å². The molecular formula is C16H23F3N4O. The number of nitrogens with one attached hydrogen (secondary N) is 1. The van der Waals surface area contributed by atoms with E-state index in [0.717, 1.165) is 17.5 Å². The minimum Gasteiger partial charge on any atom is -0.368 e. The Morgan fingerprint density at radius 1 is 1.46 bits per heavy atom. The molecule has 1 saturated heterocycles. The molecule has 0 unspecified atom stereocenters. The van der Waals surface area contributed by atoms with Gasteiger partial charge in [-0.3, -0.25) is 4.79 Å². The van der Waals surface area contributed by atoms with E-state index >= 15 is 0 Å². The molecule has 3 rings (SSSR count). The van der Waals surface area contributed by atoms with E-state index in [1.165, 1.54) is 0 Å². The first-order valence-corrected chi connectivity index (χ1v) is 8.50. The van der Waals surface area contributed by atoms with Crippen LogP contribution in [0.25, 0.3) is 0 Å². The van der Waals surface area contributed by atoms with Crippen molar-refractivity contribution in [3.05, 3.63) is 11.8 Å². The lowest BCUT2D eigenvalue weighted by molar-refractivity contribution is -0.173. The monoisotopic (exact) mass is 344 g/mol. The predicted molar refractivity (Wildman–Crippen MR) is 83.9 cm³/mol. The Balaban J connectivity index is 1.79. The number of rotatable bonds is 3. The number of carbonyl (C=O) groups excluding carboxylic acids is 1. The molecule has 0 aliphatic carbocycles. The maximum absolute atomic E-state index is 13.3. The van der Waals surface area contributed by atoms with Crippen LogP contribution in [0.4, 0.5) is 19.0 Å². The Labute approximate surface area is 139 Å². The van der Waals surface area contributed by atoms with Gasteiger partial charge in [-0.25, -0.2) is 4.68 Å². The third kappa shape index (κ3) is 3.23. The van der Waals surface area contributed by atoms with Gasteiger partial charge in [-0.15, -0.1) is 0 Å². The Bertz CT molecular complexity index is 613. The van der Waals surface area contributed by atoms with Crippen molar-refractivity contribution in [1.29, 1.82) is 0 Å². The van der Waals surface area contributed by atoms with Gasteiger partial charge in [0.05, 0.1) is 5.69 Å². The minimum absolute atomic E-state index is 0.00916. The van der Waals surface area contributed by atoms with Gasteiger partial charge in [0.2, 0.25) is 5.91 Å². The van der Waals surface area contributed by atoms with Crippen molar-refractivity contribution in [2.45, 2.75) is 63.7 Å². The zero-order chi connectivity index (χ0) is 17.5. The van der Waals surface area contributed by atoms with Gasteiger partial charge in [0, 0.05) is 37.5 Å². The maximum Gasteiger partial charge on any atom is 0.410 e. The Kier molecular flexibility index (Phi) is 4.48. The third-order valence-corrected chi connectivity index (χ3v) is 4.82. The van der Waals surface area contributed by atoms with Crippen molar-refractivity contribution >= 4 is 11.7 Å². The lowest BCUT2D eigenvalue weighted by Crippen LogP contribution is -2.37. The van der Waals surface area contributed by atoms with Gasteiger partial charge in [0.15, 0.2) is 6.04 Å². The van der Waals surface area contributed by atoms with Crippen molar-refractivity contribution in [3.8, 4) is 0 Å². The molecule has 5 nitrogen and oxygen atoms in total. The van der Waals surface area contributed by atoms with Crippen LogP contribution >= 0.6 is 0 Å². The summed E-state index contributed by atoms with van der Waals surface area (Å²) in [5.41, 5.74) is 0.646. The predicted octanol–water partition coefficient (Wildman–Crippen LogP) is 3.31. The highest BCUT2D eigenvalue weighted by Crippen LogP contribution is 2.40. The van der Waals surface area contributed by atoms with E-state index in [0.29, 0.717) is 31.0 Å². The minimum atomic E-state index is -4.31. The number of anilines is 1. The van der Waals surface area contributed by atoms with E-state index < -0.39 is 12.2 Å². The number of alkyl halides is 3. The van der Waals surface area contributed by atoms with Gasteiger partial charge < -0.3 is 10.2 Å². The molecule has 8 heteroatoms. The molecule has 24 heavy (non-hydrogen) atoms. The van der Waals surface area contributed by atoms with E-state index in [1.54, 1.807) is 17.9 Å². The third-order valence-electron chi connectivity index (χ3n) is 4.82. The topological polar surface area (TPSA) is 50.2 Å². The second-order valence-corrected chi connectivity index (χ2v) is 6.81. The van der Waals surface area contributed by atoms with Gasteiger partial charge in [-0.2, -0.15) is 18.3 Å². The van der Waals surface area contributed by atoms with Crippen LogP contribution < -0.4 is 5.32 Å². The molecule has 3 heterocycles.